The fraction of sp³-hybridized carbons (Fsp3) is 0.583. The lowest BCUT2D eigenvalue weighted by atomic mass is 10.0. The maximum atomic E-state index is 11.4. The second-order valence-electron chi connectivity index (χ2n) is 5.39. The Kier molecular flexibility index (Phi) is 9.17. The van der Waals surface area contributed by atoms with Crippen LogP contribution in [0.2, 0.25) is 0 Å². The number of hydrogen-bond donors (Lipinski definition) is 5. The maximum Gasteiger partial charge on any atom is 0.348 e. The smallest absolute Gasteiger partial charge is 0.348 e. The molecule has 5 N–H and O–H groups in total. The summed E-state index contributed by atoms with van der Waals surface area (Å²) in [5.41, 5.74) is 0. The Hall–Kier alpha value is -0.790. The number of nitrogens with zero attached hydrogens (tertiary/aromatic N) is 1. The van der Waals surface area contributed by atoms with Gasteiger partial charge in [-0.05, 0) is 12.3 Å². The molecular formula is C12H23NO8P2. The van der Waals surface area contributed by atoms with Gasteiger partial charge in [0.05, 0.1) is 0 Å². The number of aliphatic carboxylic acids is 1. The molecule has 0 aromatic heterocycles. The molecule has 9 nitrogen and oxygen atoms in total. The number of carbonyl (C=O) groups is 1. The average Bonchev–Trinajstić information content (AvgIpc) is 2.30. The molecule has 0 spiro atoms. The summed E-state index contributed by atoms with van der Waals surface area (Å²) in [6.07, 6.45) is 2.56. The molecule has 0 rings (SSSR count). The van der Waals surface area contributed by atoms with Gasteiger partial charge in [0.15, 0.2) is 0 Å². The molecule has 0 radical (unpaired) electrons. The summed E-state index contributed by atoms with van der Waals surface area (Å²) in [4.78, 5) is 47.9. The summed E-state index contributed by atoms with van der Waals surface area (Å²) in [6, 6.07) is -0.946. The number of rotatable bonds is 10. The van der Waals surface area contributed by atoms with E-state index in [1.807, 2.05) is 13.8 Å². The molecule has 0 unspecified atom stereocenters. The topological polar surface area (TPSA) is 156 Å². The minimum atomic E-state index is -4.35. The van der Waals surface area contributed by atoms with Gasteiger partial charge in [-0.1, -0.05) is 26.0 Å². The van der Waals surface area contributed by atoms with Crippen LogP contribution in [0.5, 0.6) is 0 Å². The summed E-state index contributed by atoms with van der Waals surface area (Å²) in [6.45, 7) is 3.48. The van der Waals surface area contributed by atoms with Crippen molar-refractivity contribution in [2.45, 2.75) is 26.3 Å². The Morgan fingerprint density at radius 2 is 1.39 bits per heavy atom. The summed E-state index contributed by atoms with van der Waals surface area (Å²) in [5.74, 6) is 0.269. The molecule has 0 saturated heterocycles. The van der Waals surface area contributed by atoms with E-state index >= 15 is 0 Å². The van der Waals surface area contributed by atoms with Crippen molar-refractivity contribution < 1.29 is 38.6 Å². The molecule has 0 amide bonds. The highest BCUT2D eigenvalue weighted by molar-refractivity contribution is 7.55. The van der Waals surface area contributed by atoms with Crippen molar-refractivity contribution in [1.82, 2.24) is 4.90 Å². The van der Waals surface area contributed by atoms with Crippen molar-refractivity contribution in [2.24, 2.45) is 5.92 Å². The standard InChI is InChI=1S/C12H23NO8P2/c1-10(2)9-11(12(14)15)13(5-3-7-22(16,17)18)6-4-8-23(19,20)21/h3-4,7-8,10-11H,5-6,9H2,1-2H3,(H,14,15)(H2,16,17,18)(H2,19,20,21)/t11-/m0/s1. The van der Waals surface area contributed by atoms with Crippen molar-refractivity contribution in [3.63, 3.8) is 0 Å². The molecular weight excluding hydrogens is 348 g/mol. The lowest BCUT2D eigenvalue weighted by Crippen LogP contribution is -2.42. The van der Waals surface area contributed by atoms with Crippen LogP contribution in [0.15, 0.2) is 23.8 Å². The van der Waals surface area contributed by atoms with E-state index < -0.39 is 27.2 Å². The summed E-state index contributed by atoms with van der Waals surface area (Å²) in [7, 11) is -8.71. The normalized spacial score (nSPS) is 15.1. The lowest BCUT2D eigenvalue weighted by molar-refractivity contribution is -0.143. The Labute approximate surface area is 134 Å². The maximum absolute atomic E-state index is 11.4. The van der Waals surface area contributed by atoms with Crippen LogP contribution in [-0.2, 0) is 13.9 Å². The summed E-state index contributed by atoms with van der Waals surface area (Å²) in [5, 5.41) is 9.31. The van der Waals surface area contributed by atoms with Gasteiger partial charge in [0.2, 0.25) is 0 Å². The fourth-order valence-electron chi connectivity index (χ4n) is 1.82. The molecule has 0 saturated carbocycles. The van der Waals surface area contributed by atoms with Gasteiger partial charge in [-0.15, -0.1) is 0 Å². The highest BCUT2D eigenvalue weighted by Gasteiger charge is 2.25. The molecule has 0 heterocycles. The van der Waals surface area contributed by atoms with Crippen LogP contribution in [0.1, 0.15) is 20.3 Å². The third-order valence-electron chi connectivity index (χ3n) is 2.70. The van der Waals surface area contributed by atoms with Crippen LogP contribution >= 0.6 is 15.2 Å². The number of carboxylic acid groups (broad SMARTS) is 1. The Morgan fingerprint density at radius 1 is 1.00 bits per heavy atom. The third-order valence-corrected chi connectivity index (χ3v) is 3.90. The predicted molar refractivity (Wildman–Crippen MR) is 84.8 cm³/mol. The Balaban J connectivity index is 5.20. The van der Waals surface area contributed by atoms with Crippen LogP contribution < -0.4 is 0 Å². The fourth-order valence-corrected chi connectivity index (χ4v) is 2.56. The van der Waals surface area contributed by atoms with E-state index in [1.54, 1.807) is 0 Å². The largest absolute Gasteiger partial charge is 0.480 e. The van der Waals surface area contributed by atoms with Gasteiger partial charge < -0.3 is 24.7 Å². The SMILES string of the molecule is CC(C)C[C@@H](C(=O)O)N(CC=CP(=O)(O)O)CC=CP(=O)(O)O. The summed E-state index contributed by atoms with van der Waals surface area (Å²) >= 11 is 0. The zero-order valence-corrected chi connectivity index (χ0v) is 14.7. The molecule has 23 heavy (non-hydrogen) atoms. The first-order chi connectivity index (χ1) is 10.3. The molecule has 11 heteroatoms. The highest BCUT2D eigenvalue weighted by atomic mass is 31.2. The first kappa shape index (κ1) is 22.2. The molecule has 0 fully saturated rings. The molecule has 0 bridgehead atoms. The van der Waals surface area contributed by atoms with Crippen molar-refractivity contribution >= 4 is 21.2 Å². The van der Waals surface area contributed by atoms with Gasteiger partial charge in [-0.3, -0.25) is 18.8 Å². The van der Waals surface area contributed by atoms with E-state index in [1.165, 1.54) is 4.90 Å². The van der Waals surface area contributed by atoms with E-state index in [9.17, 15) is 19.0 Å². The van der Waals surface area contributed by atoms with Crippen molar-refractivity contribution in [1.29, 1.82) is 0 Å². The van der Waals surface area contributed by atoms with Crippen LogP contribution in [0.3, 0.4) is 0 Å². The highest BCUT2D eigenvalue weighted by Crippen LogP contribution is 2.36. The third kappa shape index (κ3) is 12.3. The second kappa shape index (κ2) is 9.49. The summed E-state index contributed by atoms with van der Waals surface area (Å²) < 4.78 is 21.6. The van der Waals surface area contributed by atoms with Gasteiger partial charge in [-0.2, -0.15) is 0 Å². The van der Waals surface area contributed by atoms with E-state index in [0.717, 1.165) is 12.2 Å². The number of hydrogen-bond acceptors (Lipinski definition) is 4. The zero-order chi connectivity index (χ0) is 18.3. The van der Waals surface area contributed by atoms with Gasteiger partial charge >= 0.3 is 21.2 Å². The van der Waals surface area contributed by atoms with E-state index in [0.29, 0.717) is 11.6 Å². The average molecular weight is 371 g/mol. The van der Waals surface area contributed by atoms with E-state index in [2.05, 4.69) is 0 Å². The molecule has 0 aliphatic rings. The van der Waals surface area contributed by atoms with Gasteiger partial charge in [0, 0.05) is 24.7 Å². The zero-order valence-electron chi connectivity index (χ0n) is 12.9. The minimum absolute atomic E-state index is 0.0510. The first-order valence-electron chi connectivity index (χ1n) is 6.74. The van der Waals surface area contributed by atoms with Crippen molar-refractivity contribution in [2.75, 3.05) is 13.1 Å². The lowest BCUT2D eigenvalue weighted by Gasteiger charge is -2.28. The van der Waals surface area contributed by atoms with Crippen LogP contribution in [0.4, 0.5) is 0 Å². The van der Waals surface area contributed by atoms with Gasteiger partial charge in [0.25, 0.3) is 0 Å². The van der Waals surface area contributed by atoms with Gasteiger partial charge in [0.1, 0.15) is 6.04 Å². The number of carboxylic acids is 1. The van der Waals surface area contributed by atoms with Crippen molar-refractivity contribution in [3.05, 3.63) is 23.8 Å². The molecule has 1 atom stereocenters. The van der Waals surface area contributed by atoms with Crippen LogP contribution in [0.25, 0.3) is 0 Å². The Morgan fingerprint density at radius 3 is 1.65 bits per heavy atom. The van der Waals surface area contributed by atoms with E-state index in [-0.39, 0.29) is 25.4 Å². The quantitative estimate of drug-likeness (QED) is 0.356. The Bertz CT molecular complexity index is 499. The van der Waals surface area contributed by atoms with E-state index in [4.69, 9.17) is 19.6 Å². The second-order valence-corrected chi connectivity index (χ2v) is 8.34. The van der Waals surface area contributed by atoms with Crippen LogP contribution in [-0.4, -0.2) is 54.7 Å². The molecule has 0 aromatic carbocycles. The van der Waals surface area contributed by atoms with Gasteiger partial charge in [-0.25, -0.2) is 0 Å². The molecule has 0 aliphatic heterocycles. The first-order valence-corrected chi connectivity index (χ1v) is 10.1. The molecule has 0 aliphatic carbocycles. The van der Waals surface area contributed by atoms with Crippen LogP contribution in [0, 0.1) is 5.92 Å². The minimum Gasteiger partial charge on any atom is -0.480 e. The monoisotopic (exact) mass is 371 g/mol. The molecule has 0 aromatic rings. The molecule has 134 valence electrons. The van der Waals surface area contributed by atoms with Crippen molar-refractivity contribution in [3.8, 4) is 0 Å². The predicted octanol–water partition coefficient (Wildman–Crippen LogP) is 1.17.